The highest BCUT2D eigenvalue weighted by Crippen LogP contribution is 2.62. The second-order valence-electron chi connectivity index (χ2n) is 14.5. The summed E-state index contributed by atoms with van der Waals surface area (Å²) in [6.07, 6.45) is 0. The van der Waals surface area contributed by atoms with Crippen LogP contribution in [0.4, 0.5) is 0 Å². The van der Waals surface area contributed by atoms with Crippen LogP contribution in [0.15, 0.2) is 191 Å². The van der Waals surface area contributed by atoms with E-state index in [1.54, 1.807) is 0 Å². The Hall–Kier alpha value is -7.50. The smallest absolute Gasteiger partial charge is 0.227 e. The monoisotopic (exact) mass is 718 g/mol. The molecule has 0 amide bonds. The minimum atomic E-state index is -0.534. The Morgan fingerprint density at radius 1 is 0.339 bits per heavy atom. The third kappa shape index (κ3) is 4.49. The Kier molecular flexibility index (Phi) is 6.48. The standard InChI is InChI=1S/C51H30N2O3/c1-2-15-39-37(14-1)38-25-24-33(30-42(38)51(39)40-16-3-7-20-45(40)54-46-21-8-4-17-41(46)51)31-12-11-13-32(26-31)34-27-35(49-52-43-18-5-9-22-47(43)55-49)29-36(28-34)50-53-44-19-6-10-23-48(44)56-50/h1-30H. The zero-order valence-electron chi connectivity index (χ0n) is 29.9. The van der Waals surface area contributed by atoms with Crippen LogP contribution in [0.1, 0.15) is 22.3 Å². The summed E-state index contributed by atoms with van der Waals surface area (Å²) in [6.45, 7) is 0. The zero-order valence-corrected chi connectivity index (χ0v) is 29.9. The van der Waals surface area contributed by atoms with Crippen molar-refractivity contribution < 1.29 is 13.6 Å². The van der Waals surface area contributed by atoms with E-state index >= 15 is 0 Å². The van der Waals surface area contributed by atoms with Crippen LogP contribution in [0.25, 0.3) is 78.5 Å². The van der Waals surface area contributed by atoms with Crippen molar-refractivity contribution in [2.45, 2.75) is 5.41 Å². The summed E-state index contributed by atoms with van der Waals surface area (Å²) in [4.78, 5) is 9.72. The van der Waals surface area contributed by atoms with Crippen LogP contribution in [-0.4, -0.2) is 9.97 Å². The lowest BCUT2D eigenvalue weighted by Crippen LogP contribution is -2.32. The molecule has 5 nitrogen and oxygen atoms in total. The van der Waals surface area contributed by atoms with E-state index in [9.17, 15) is 0 Å². The average molecular weight is 719 g/mol. The van der Waals surface area contributed by atoms with E-state index in [-0.39, 0.29) is 0 Å². The molecule has 0 bridgehead atoms. The Morgan fingerprint density at radius 3 is 1.46 bits per heavy atom. The molecule has 12 rings (SSSR count). The van der Waals surface area contributed by atoms with Gasteiger partial charge in [-0.1, -0.05) is 115 Å². The molecule has 5 heteroatoms. The third-order valence-electron chi connectivity index (χ3n) is 11.4. The molecule has 56 heavy (non-hydrogen) atoms. The van der Waals surface area contributed by atoms with Crippen molar-refractivity contribution in [3.63, 3.8) is 0 Å². The Labute approximate surface area is 322 Å². The molecule has 0 atom stereocenters. The van der Waals surface area contributed by atoms with Crippen LogP contribution < -0.4 is 4.74 Å². The molecule has 3 heterocycles. The predicted molar refractivity (Wildman–Crippen MR) is 221 cm³/mol. The van der Waals surface area contributed by atoms with Gasteiger partial charge in [0.15, 0.2) is 11.2 Å². The quantitative estimate of drug-likeness (QED) is 0.181. The van der Waals surface area contributed by atoms with Gasteiger partial charge in [0.25, 0.3) is 0 Å². The lowest BCUT2D eigenvalue weighted by molar-refractivity contribution is 0.436. The van der Waals surface area contributed by atoms with Crippen molar-refractivity contribution >= 4 is 22.2 Å². The average Bonchev–Trinajstić information content (AvgIpc) is 3.97. The van der Waals surface area contributed by atoms with Crippen molar-refractivity contribution in [1.82, 2.24) is 9.97 Å². The Balaban J connectivity index is 1.04. The van der Waals surface area contributed by atoms with Gasteiger partial charge in [-0.05, 0) is 111 Å². The predicted octanol–water partition coefficient (Wildman–Crippen LogP) is 13.1. The lowest BCUT2D eigenvalue weighted by atomic mass is 9.66. The molecule has 1 aliphatic carbocycles. The topological polar surface area (TPSA) is 61.3 Å². The number of ether oxygens (including phenoxy) is 1. The number of fused-ring (bicyclic) bond motifs is 11. The van der Waals surface area contributed by atoms with Crippen LogP contribution in [0.2, 0.25) is 0 Å². The normalized spacial score (nSPS) is 13.3. The van der Waals surface area contributed by atoms with Gasteiger partial charge in [0.1, 0.15) is 22.5 Å². The SMILES string of the molecule is c1cc(-c2cc(-c3nc4ccccc4o3)cc(-c3nc4ccccc4o3)c2)cc(-c2ccc3c(c2)C2(c4ccccc4Oc4ccccc42)c2ccccc2-3)c1. The van der Waals surface area contributed by atoms with E-state index in [0.717, 1.165) is 78.2 Å². The van der Waals surface area contributed by atoms with Crippen LogP contribution in [-0.2, 0) is 5.41 Å². The van der Waals surface area contributed by atoms with Gasteiger partial charge in [0.05, 0.1) is 5.41 Å². The van der Waals surface area contributed by atoms with Crippen LogP contribution in [0.5, 0.6) is 11.5 Å². The summed E-state index contributed by atoms with van der Waals surface area (Å²) in [5, 5.41) is 0. The molecule has 262 valence electrons. The summed E-state index contributed by atoms with van der Waals surface area (Å²) in [6, 6.07) is 63.5. The molecular formula is C51H30N2O3. The Morgan fingerprint density at radius 2 is 0.821 bits per heavy atom. The number of hydrogen-bond acceptors (Lipinski definition) is 5. The maximum atomic E-state index is 6.57. The van der Waals surface area contributed by atoms with Crippen molar-refractivity contribution in [2.75, 3.05) is 0 Å². The fraction of sp³-hybridized carbons (Fsp3) is 0.0196. The van der Waals surface area contributed by atoms with E-state index in [1.165, 1.54) is 22.3 Å². The number of aromatic nitrogens is 2. The molecule has 0 radical (unpaired) electrons. The third-order valence-corrected chi connectivity index (χ3v) is 11.4. The highest BCUT2D eigenvalue weighted by Gasteiger charge is 2.51. The molecule has 0 N–H and O–H groups in total. The van der Waals surface area contributed by atoms with Gasteiger partial charge in [-0.25, -0.2) is 9.97 Å². The first-order chi connectivity index (χ1) is 27.7. The molecule has 1 aliphatic heterocycles. The molecular weight excluding hydrogens is 689 g/mol. The van der Waals surface area contributed by atoms with Gasteiger partial charge in [0.2, 0.25) is 11.8 Å². The number of hydrogen-bond donors (Lipinski definition) is 0. The first-order valence-electron chi connectivity index (χ1n) is 18.8. The highest BCUT2D eigenvalue weighted by molar-refractivity contribution is 5.91. The van der Waals surface area contributed by atoms with Gasteiger partial charge >= 0.3 is 0 Å². The molecule has 2 aliphatic rings. The number of nitrogens with zero attached hydrogens (tertiary/aromatic N) is 2. The van der Waals surface area contributed by atoms with Gasteiger partial charge in [-0.3, -0.25) is 0 Å². The molecule has 0 fully saturated rings. The van der Waals surface area contributed by atoms with E-state index in [1.807, 2.05) is 54.6 Å². The number of para-hydroxylation sites is 6. The zero-order chi connectivity index (χ0) is 36.8. The first-order valence-corrected chi connectivity index (χ1v) is 18.8. The van der Waals surface area contributed by atoms with Crippen molar-refractivity contribution in [3.8, 4) is 67.8 Å². The minimum Gasteiger partial charge on any atom is -0.457 e. The summed E-state index contributed by atoms with van der Waals surface area (Å²) >= 11 is 0. The van der Waals surface area contributed by atoms with Crippen molar-refractivity contribution in [3.05, 3.63) is 204 Å². The van der Waals surface area contributed by atoms with E-state index in [4.69, 9.17) is 23.5 Å². The molecule has 8 aromatic carbocycles. The first kappa shape index (κ1) is 30.9. The van der Waals surface area contributed by atoms with E-state index in [0.29, 0.717) is 11.8 Å². The van der Waals surface area contributed by atoms with Crippen LogP contribution in [0, 0.1) is 0 Å². The number of rotatable bonds is 4. The van der Waals surface area contributed by atoms with Crippen LogP contribution in [0.3, 0.4) is 0 Å². The number of benzene rings is 8. The summed E-state index contributed by atoms with van der Waals surface area (Å²) < 4.78 is 19.2. The fourth-order valence-corrected chi connectivity index (χ4v) is 8.94. The maximum absolute atomic E-state index is 6.57. The van der Waals surface area contributed by atoms with Gasteiger partial charge < -0.3 is 13.6 Å². The molecule has 0 saturated carbocycles. The summed E-state index contributed by atoms with van der Waals surface area (Å²) in [5.41, 5.74) is 15.9. The van der Waals surface area contributed by atoms with Gasteiger partial charge in [0, 0.05) is 22.3 Å². The maximum Gasteiger partial charge on any atom is 0.227 e. The highest BCUT2D eigenvalue weighted by atomic mass is 16.5. The van der Waals surface area contributed by atoms with Crippen molar-refractivity contribution in [1.29, 1.82) is 0 Å². The molecule has 2 aromatic heterocycles. The second kappa shape index (κ2) is 11.7. The van der Waals surface area contributed by atoms with E-state index < -0.39 is 5.41 Å². The van der Waals surface area contributed by atoms with Gasteiger partial charge in [-0.2, -0.15) is 0 Å². The van der Waals surface area contributed by atoms with E-state index in [2.05, 4.69) is 127 Å². The molecule has 0 unspecified atom stereocenters. The van der Waals surface area contributed by atoms with Crippen LogP contribution >= 0.6 is 0 Å². The fourth-order valence-electron chi connectivity index (χ4n) is 8.94. The second-order valence-corrected chi connectivity index (χ2v) is 14.5. The van der Waals surface area contributed by atoms with Gasteiger partial charge in [-0.15, -0.1) is 0 Å². The molecule has 10 aromatic rings. The summed E-state index contributed by atoms with van der Waals surface area (Å²) in [7, 11) is 0. The summed E-state index contributed by atoms with van der Waals surface area (Å²) in [5.74, 6) is 2.86. The molecule has 0 saturated heterocycles. The van der Waals surface area contributed by atoms with Crippen molar-refractivity contribution in [2.24, 2.45) is 0 Å². The Bertz CT molecular complexity index is 3000. The minimum absolute atomic E-state index is 0.534. The lowest BCUT2D eigenvalue weighted by Gasteiger charge is -2.39. The molecule has 1 spiro atoms. The largest absolute Gasteiger partial charge is 0.457 e. The number of oxazole rings is 2.